The second kappa shape index (κ2) is 5.77. The van der Waals surface area contributed by atoms with E-state index in [2.05, 4.69) is 24.1 Å². The minimum atomic E-state index is 0.260. The molecule has 4 nitrogen and oxygen atoms in total. The number of anilines is 1. The first kappa shape index (κ1) is 13.4. The Labute approximate surface area is 117 Å². The molecule has 0 saturated carbocycles. The molecule has 2 rings (SSSR count). The normalized spacial score (nSPS) is 10.5. The van der Waals surface area contributed by atoms with Crippen molar-refractivity contribution < 1.29 is 4.42 Å². The predicted molar refractivity (Wildman–Crippen MR) is 75.0 cm³/mol. The van der Waals surface area contributed by atoms with Crippen LogP contribution in [0.2, 0.25) is 5.02 Å². The molecular formula is C14H14ClN3O. The lowest BCUT2D eigenvalue weighted by Crippen LogP contribution is -2.08. The summed E-state index contributed by atoms with van der Waals surface area (Å²) in [6.07, 6.45) is 0. The van der Waals surface area contributed by atoms with Crippen LogP contribution in [-0.4, -0.2) is 11.5 Å². The number of oxazole rings is 1. The van der Waals surface area contributed by atoms with Crippen LogP contribution in [0.1, 0.15) is 19.5 Å². The summed E-state index contributed by atoms with van der Waals surface area (Å²) in [6.45, 7) is 4.87. The quantitative estimate of drug-likeness (QED) is 0.918. The zero-order valence-electron chi connectivity index (χ0n) is 10.8. The fraction of sp³-hybridized carbons (Fsp3) is 0.286. The van der Waals surface area contributed by atoms with Gasteiger partial charge >= 0.3 is 0 Å². The first-order chi connectivity index (χ1) is 9.10. The number of benzene rings is 1. The molecule has 1 aromatic heterocycles. The highest BCUT2D eigenvalue weighted by molar-refractivity contribution is 6.30. The number of hydrogen-bond acceptors (Lipinski definition) is 4. The minimum Gasteiger partial charge on any atom is -0.419 e. The first-order valence-electron chi connectivity index (χ1n) is 6.01. The number of aromatic nitrogens is 1. The van der Waals surface area contributed by atoms with Gasteiger partial charge in [-0.1, -0.05) is 31.5 Å². The van der Waals surface area contributed by atoms with Crippen LogP contribution in [0.3, 0.4) is 0 Å². The van der Waals surface area contributed by atoms with Crippen LogP contribution in [-0.2, 0) is 0 Å². The van der Waals surface area contributed by atoms with E-state index in [9.17, 15) is 0 Å². The van der Waals surface area contributed by atoms with Crippen molar-refractivity contribution in [3.63, 3.8) is 0 Å². The Balaban J connectivity index is 2.31. The van der Waals surface area contributed by atoms with Gasteiger partial charge in [0.2, 0.25) is 17.5 Å². The van der Waals surface area contributed by atoms with Crippen LogP contribution in [0.25, 0.3) is 11.5 Å². The lowest BCUT2D eigenvalue weighted by atomic mass is 10.2. The van der Waals surface area contributed by atoms with Crippen LogP contribution < -0.4 is 5.32 Å². The molecule has 0 saturated heterocycles. The van der Waals surface area contributed by atoms with Crippen molar-refractivity contribution >= 4 is 17.5 Å². The van der Waals surface area contributed by atoms with Gasteiger partial charge in [0.05, 0.1) is 0 Å². The average molecular weight is 276 g/mol. The van der Waals surface area contributed by atoms with E-state index in [-0.39, 0.29) is 5.69 Å². The lowest BCUT2D eigenvalue weighted by Gasteiger charge is -2.04. The highest BCUT2D eigenvalue weighted by Crippen LogP contribution is 2.27. The van der Waals surface area contributed by atoms with E-state index in [1.807, 2.05) is 18.2 Å². The Kier molecular flexibility index (Phi) is 4.08. The van der Waals surface area contributed by atoms with Crippen LogP contribution in [0.15, 0.2) is 28.7 Å². The molecule has 0 radical (unpaired) electrons. The van der Waals surface area contributed by atoms with Crippen LogP contribution in [0.5, 0.6) is 0 Å². The van der Waals surface area contributed by atoms with E-state index in [1.165, 1.54) is 0 Å². The van der Waals surface area contributed by atoms with E-state index in [0.717, 1.165) is 12.1 Å². The molecule has 1 heterocycles. The molecule has 0 fully saturated rings. The van der Waals surface area contributed by atoms with Gasteiger partial charge < -0.3 is 9.73 Å². The molecule has 2 aromatic rings. The number of halogens is 1. The lowest BCUT2D eigenvalue weighted by molar-refractivity contribution is 0.574. The Morgan fingerprint density at radius 2 is 2.26 bits per heavy atom. The third-order valence-corrected chi connectivity index (χ3v) is 2.71. The molecule has 0 spiro atoms. The molecule has 0 amide bonds. The zero-order chi connectivity index (χ0) is 13.8. The van der Waals surface area contributed by atoms with Crippen molar-refractivity contribution in [3.8, 4) is 17.5 Å². The molecule has 0 aliphatic carbocycles. The van der Waals surface area contributed by atoms with E-state index >= 15 is 0 Å². The largest absolute Gasteiger partial charge is 0.419 e. The summed E-state index contributed by atoms with van der Waals surface area (Å²) in [5, 5.41) is 12.7. The summed E-state index contributed by atoms with van der Waals surface area (Å²) >= 11 is 5.93. The molecule has 5 heteroatoms. The minimum absolute atomic E-state index is 0.260. The van der Waals surface area contributed by atoms with Gasteiger partial charge in [0.15, 0.2) is 0 Å². The molecular weight excluding hydrogens is 262 g/mol. The van der Waals surface area contributed by atoms with Gasteiger partial charge in [0.25, 0.3) is 0 Å². The third kappa shape index (κ3) is 3.27. The van der Waals surface area contributed by atoms with E-state index in [4.69, 9.17) is 21.3 Å². The second-order valence-corrected chi connectivity index (χ2v) is 5.03. The van der Waals surface area contributed by atoms with Crippen molar-refractivity contribution in [1.29, 1.82) is 5.26 Å². The van der Waals surface area contributed by atoms with Crippen molar-refractivity contribution in [1.82, 2.24) is 4.98 Å². The van der Waals surface area contributed by atoms with Gasteiger partial charge in [-0.2, -0.15) is 10.2 Å². The Hall–Kier alpha value is -1.99. The maximum Gasteiger partial charge on any atom is 0.232 e. The summed E-state index contributed by atoms with van der Waals surface area (Å²) in [4.78, 5) is 4.17. The summed E-state index contributed by atoms with van der Waals surface area (Å²) < 4.78 is 5.59. The Morgan fingerprint density at radius 3 is 2.89 bits per heavy atom. The fourth-order valence-corrected chi connectivity index (χ4v) is 1.75. The SMILES string of the molecule is CC(C)CNc1oc(-c2cccc(Cl)c2)nc1C#N. The van der Waals surface area contributed by atoms with Crippen molar-refractivity contribution in [2.75, 3.05) is 11.9 Å². The van der Waals surface area contributed by atoms with Crippen LogP contribution in [0, 0.1) is 17.2 Å². The van der Waals surface area contributed by atoms with Gasteiger partial charge in [0, 0.05) is 17.1 Å². The van der Waals surface area contributed by atoms with Gasteiger partial charge in [-0.05, 0) is 24.1 Å². The third-order valence-electron chi connectivity index (χ3n) is 2.48. The van der Waals surface area contributed by atoms with E-state index in [1.54, 1.807) is 12.1 Å². The summed E-state index contributed by atoms with van der Waals surface area (Å²) in [5.74, 6) is 1.25. The summed E-state index contributed by atoms with van der Waals surface area (Å²) in [6, 6.07) is 9.20. The van der Waals surface area contributed by atoms with Gasteiger partial charge in [-0.25, -0.2) is 0 Å². The van der Waals surface area contributed by atoms with Gasteiger partial charge in [-0.15, -0.1) is 0 Å². The van der Waals surface area contributed by atoms with E-state index < -0.39 is 0 Å². The average Bonchev–Trinajstić information content (AvgIpc) is 2.79. The molecule has 1 aromatic carbocycles. The first-order valence-corrected chi connectivity index (χ1v) is 6.38. The molecule has 98 valence electrons. The number of hydrogen-bond donors (Lipinski definition) is 1. The van der Waals surface area contributed by atoms with Crippen molar-refractivity contribution in [2.45, 2.75) is 13.8 Å². The molecule has 0 unspecified atom stereocenters. The topological polar surface area (TPSA) is 61.9 Å². The summed E-state index contributed by atoms with van der Waals surface area (Å²) in [5.41, 5.74) is 1.01. The molecule has 0 aliphatic heterocycles. The van der Waals surface area contributed by atoms with Crippen molar-refractivity contribution in [3.05, 3.63) is 35.0 Å². The Morgan fingerprint density at radius 1 is 1.47 bits per heavy atom. The van der Waals surface area contributed by atoms with Gasteiger partial charge in [-0.3, -0.25) is 0 Å². The predicted octanol–water partition coefficient (Wildman–Crippen LogP) is 3.93. The monoisotopic (exact) mass is 275 g/mol. The highest BCUT2D eigenvalue weighted by atomic mass is 35.5. The van der Waals surface area contributed by atoms with Crippen LogP contribution >= 0.6 is 11.6 Å². The van der Waals surface area contributed by atoms with Crippen LogP contribution in [0.4, 0.5) is 5.88 Å². The molecule has 0 atom stereocenters. The van der Waals surface area contributed by atoms with Gasteiger partial charge in [0.1, 0.15) is 6.07 Å². The molecule has 0 aliphatic rings. The highest BCUT2D eigenvalue weighted by Gasteiger charge is 2.14. The number of nitrogens with one attached hydrogen (secondary N) is 1. The maximum atomic E-state index is 9.06. The zero-order valence-corrected chi connectivity index (χ0v) is 11.5. The summed E-state index contributed by atoms with van der Waals surface area (Å²) in [7, 11) is 0. The maximum absolute atomic E-state index is 9.06. The number of rotatable bonds is 4. The second-order valence-electron chi connectivity index (χ2n) is 4.59. The molecule has 19 heavy (non-hydrogen) atoms. The Bertz CT molecular complexity index is 613. The molecule has 1 N–H and O–H groups in total. The number of nitriles is 1. The van der Waals surface area contributed by atoms with Crippen molar-refractivity contribution in [2.24, 2.45) is 5.92 Å². The number of nitrogens with zero attached hydrogens (tertiary/aromatic N) is 2. The van der Waals surface area contributed by atoms with E-state index in [0.29, 0.717) is 22.7 Å². The fourth-order valence-electron chi connectivity index (χ4n) is 1.56. The smallest absolute Gasteiger partial charge is 0.232 e. The standard InChI is InChI=1S/C14H14ClN3O/c1-9(2)8-17-14-12(7-16)18-13(19-14)10-4-3-5-11(15)6-10/h3-6,9,17H,8H2,1-2H3. The molecule has 0 bridgehead atoms.